The molecule has 1 aromatic rings. The van der Waals surface area contributed by atoms with Crippen LogP contribution in [-0.2, 0) is 0 Å². The maximum atomic E-state index is 11.7. The van der Waals surface area contributed by atoms with E-state index in [9.17, 15) is 4.79 Å². The van der Waals surface area contributed by atoms with Crippen LogP contribution >= 0.6 is 0 Å². The van der Waals surface area contributed by atoms with Gasteiger partial charge >= 0.3 is 5.56 Å². The fourth-order valence-corrected chi connectivity index (χ4v) is 3.46. The molecule has 1 saturated carbocycles. The van der Waals surface area contributed by atoms with Crippen LogP contribution < -0.4 is 15.6 Å². The summed E-state index contributed by atoms with van der Waals surface area (Å²) < 4.78 is 5.20. The predicted octanol–water partition coefficient (Wildman–Crippen LogP) is 2.90. The Morgan fingerprint density at radius 1 is 1.38 bits per heavy atom. The summed E-state index contributed by atoms with van der Waals surface area (Å²) in [5, 5.41) is 9.75. The zero-order chi connectivity index (χ0) is 15.8. The molecule has 21 heavy (non-hydrogen) atoms. The third kappa shape index (κ3) is 2.78. The molecule has 1 aromatic heterocycles. The molecule has 0 aliphatic heterocycles. The summed E-state index contributed by atoms with van der Waals surface area (Å²) in [4.78, 5) is 11.7. The van der Waals surface area contributed by atoms with E-state index in [0.29, 0.717) is 40.6 Å². The number of nitrogens with zero attached hydrogens (tertiary/aromatic N) is 1. The van der Waals surface area contributed by atoms with Gasteiger partial charge < -0.3 is 10.1 Å². The number of aromatic amines is 1. The first kappa shape index (κ1) is 15.9. The van der Waals surface area contributed by atoms with Crippen molar-refractivity contribution in [3.63, 3.8) is 0 Å². The third-order valence-corrected chi connectivity index (χ3v) is 5.83. The summed E-state index contributed by atoms with van der Waals surface area (Å²) in [5.41, 5.74) is 0.707. The summed E-state index contributed by atoms with van der Waals surface area (Å²) in [7, 11) is 1.51. The Hall–Kier alpha value is -1.52. The number of anilines is 1. The fraction of sp³-hybridized carbons (Fsp3) is 0.750. The van der Waals surface area contributed by atoms with Gasteiger partial charge in [-0.15, -0.1) is 0 Å². The molecule has 118 valence electrons. The molecule has 1 heterocycles. The van der Waals surface area contributed by atoms with Gasteiger partial charge in [0.05, 0.1) is 13.3 Å². The maximum Gasteiger partial charge on any atom is 0.308 e. The SMILES string of the molecule is COc1c(N[C@@H]2C[C@H](C)C(C)(C)[C@H](C)[C@H]2C)cn[nH]c1=O. The van der Waals surface area contributed by atoms with Gasteiger partial charge in [-0.1, -0.05) is 34.6 Å². The molecule has 2 rings (SSSR count). The van der Waals surface area contributed by atoms with Crippen molar-refractivity contribution in [2.24, 2.45) is 23.2 Å². The molecule has 0 saturated heterocycles. The van der Waals surface area contributed by atoms with Crippen molar-refractivity contribution < 1.29 is 4.74 Å². The van der Waals surface area contributed by atoms with Gasteiger partial charge in [-0.2, -0.15) is 5.10 Å². The Balaban J connectivity index is 2.25. The molecule has 4 atom stereocenters. The second kappa shape index (κ2) is 5.70. The van der Waals surface area contributed by atoms with Crippen molar-refractivity contribution in [2.75, 3.05) is 12.4 Å². The Kier molecular flexibility index (Phi) is 4.30. The van der Waals surface area contributed by atoms with Crippen LogP contribution in [0.15, 0.2) is 11.0 Å². The smallest absolute Gasteiger partial charge is 0.308 e. The molecule has 0 spiro atoms. The highest BCUT2D eigenvalue weighted by Crippen LogP contribution is 2.48. The molecule has 1 fully saturated rings. The van der Waals surface area contributed by atoms with E-state index in [1.807, 2.05) is 0 Å². The van der Waals surface area contributed by atoms with Crippen molar-refractivity contribution in [3.8, 4) is 5.75 Å². The highest BCUT2D eigenvalue weighted by molar-refractivity contribution is 5.53. The molecule has 0 radical (unpaired) electrons. The molecule has 2 N–H and O–H groups in total. The summed E-state index contributed by atoms with van der Waals surface area (Å²) in [6.07, 6.45) is 2.70. The average Bonchev–Trinajstić information content (AvgIpc) is 2.43. The number of ether oxygens (including phenoxy) is 1. The van der Waals surface area contributed by atoms with Crippen molar-refractivity contribution in [3.05, 3.63) is 16.6 Å². The van der Waals surface area contributed by atoms with Crippen molar-refractivity contribution >= 4 is 5.69 Å². The van der Waals surface area contributed by atoms with Crippen molar-refractivity contribution in [1.29, 1.82) is 0 Å². The minimum atomic E-state index is -0.299. The molecular formula is C16H27N3O2. The maximum absolute atomic E-state index is 11.7. The topological polar surface area (TPSA) is 67.0 Å². The van der Waals surface area contributed by atoms with Crippen LogP contribution in [0.3, 0.4) is 0 Å². The van der Waals surface area contributed by atoms with Crippen LogP contribution in [0, 0.1) is 23.2 Å². The molecule has 1 aliphatic carbocycles. The zero-order valence-corrected chi connectivity index (χ0v) is 13.9. The van der Waals surface area contributed by atoms with Gasteiger partial charge in [0, 0.05) is 6.04 Å². The predicted molar refractivity (Wildman–Crippen MR) is 84.7 cm³/mol. The largest absolute Gasteiger partial charge is 0.490 e. The third-order valence-electron chi connectivity index (χ3n) is 5.83. The lowest BCUT2D eigenvalue weighted by molar-refractivity contribution is 0.0316. The normalized spacial score (nSPS) is 31.7. The molecule has 5 nitrogen and oxygen atoms in total. The molecular weight excluding hydrogens is 266 g/mol. The Bertz CT molecular complexity index is 553. The van der Waals surface area contributed by atoms with Gasteiger partial charge in [-0.05, 0) is 29.6 Å². The van der Waals surface area contributed by atoms with E-state index in [0.717, 1.165) is 6.42 Å². The Morgan fingerprint density at radius 2 is 2.05 bits per heavy atom. The fourth-order valence-electron chi connectivity index (χ4n) is 3.46. The molecule has 0 amide bonds. The molecule has 0 aromatic carbocycles. The number of hydrogen-bond acceptors (Lipinski definition) is 4. The molecule has 0 unspecified atom stereocenters. The first-order valence-electron chi connectivity index (χ1n) is 7.67. The van der Waals surface area contributed by atoms with Gasteiger partial charge in [0.25, 0.3) is 0 Å². The number of nitrogens with one attached hydrogen (secondary N) is 2. The highest BCUT2D eigenvalue weighted by Gasteiger charge is 2.43. The van der Waals surface area contributed by atoms with Crippen LogP contribution in [0.2, 0.25) is 0 Å². The number of hydrogen-bond donors (Lipinski definition) is 2. The van der Waals surface area contributed by atoms with Crippen LogP contribution in [0.1, 0.15) is 41.0 Å². The lowest BCUT2D eigenvalue weighted by Gasteiger charge is -2.50. The Labute approximate surface area is 126 Å². The summed E-state index contributed by atoms with van der Waals surface area (Å²) in [5.74, 6) is 2.03. The summed E-state index contributed by atoms with van der Waals surface area (Å²) >= 11 is 0. The minimum absolute atomic E-state index is 0.299. The first-order valence-corrected chi connectivity index (χ1v) is 7.67. The van der Waals surface area contributed by atoms with Gasteiger partial charge in [0.2, 0.25) is 5.75 Å². The number of aromatic nitrogens is 2. The van der Waals surface area contributed by atoms with E-state index in [1.54, 1.807) is 6.20 Å². The molecule has 0 bridgehead atoms. The van der Waals surface area contributed by atoms with Gasteiger partial charge in [0.15, 0.2) is 0 Å². The lowest BCUT2D eigenvalue weighted by atomic mass is 9.58. The Morgan fingerprint density at radius 3 is 2.67 bits per heavy atom. The average molecular weight is 293 g/mol. The van der Waals surface area contributed by atoms with E-state index >= 15 is 0 Å². The van der Waals surface area contributed by atoms with Gasteiger partial charge in [-0.25, -0.2) is 5.10 Å². The minimum Gasteiger partial charge on any atom is -0.490 e. The van der Waals surface area contributed by atoms with E-state index < -0.39 is 0 Å². The van der Waals surface area contributed by atoms with Crippen LogP contribution in [0.5, 0.6) is 5.75 Å². The molecule has 1 aliphatic rings. The van der Waals surface area contributed by atoms with Crippen LogP contribution in [0.4, 0.5) is 5.69 Å². The molecule has 5 heteroatoms. The number of methoxy groups -OCH3 is 1. The zero-order valence-electron chi connectivity index (χ0n) is 13.9. The number of H-pyrrole nitrogens is 1. The summed E-state index contributed by atoms with van der Waals surface area (Å²) in [6.45, 7) is 11.6. The van der Waals surface area contributed by atoms with Crippen LogP contribution in [-0.4, -0.2) is 23.3 Å². The van der Waals surface area contributed by atoms with Gasteiger partial charge in [-0.3, -0.25) is 4.79 Å². The summed E-state index contributed by atoms with van der Waals surface area (Å²) in [6, 6.07) is 0.320. The van der Waals surface area contributed by atoms with Gasteiger partial charge in [0.1, 0.15) is 5.69 Å². The van der Waals surface area contributed by atoms with E-state index in [-0.39, 0.29) is 5.56 Å². The monoisotopic (exact) mass is 293 g/mol. The number of rotatable bonds is 3. The second-order valence-corrected chi connectivity index (χ2v) is 7.00. The van der Waals surface area contributed by atoms with E-state index in [4.69, 9.17) is 4.74 Å². The highest BCUT2D eigenvalue weighted by atomic mass is 16.5. The lowest BCUT2D eigenvalue weighted by Crippen LogP contribution is -2.47. The van der Waals surface area contributed by atoms with Crippen LogP contribution in [0.25, 0.3) is 0 Å². The standard InChI is InChI=1S/C16H27N3O2/c1-9-7-12(10(2)11(3)16(9,4)5)18-13-8-17-19-15(20)14(13)21-6/h8-12H,7H2,1-6H3,(H2,18,19,20)/t9-,10+,11+,12+/m0/s1. The van der Waals surface area contributed by atoms with Crippen molar-refractivity contribution in [2.45, 2.75) is 47.1 Å². The van der Waals surface area contributed by atoms with E-state index in [2.05, 4.69) is 50.1 Å². The van der Waals surface area contributed by atoms with E-state index in [1.165, 1.54) is 7.11 Å². The second-order valence-electron chi connectivity index (χ2n) is 7.00. The van der Waals surface area contributed by atoms with Crippen molar-refractivity contribution in [1.82, 2.24) is 10.2 Å². The first-order chi connectivity index (χ1) is 9.78. The quantitative estimate of drug-likeness (QED) is 0.899.